The van der Waals surface area contributed by atoms with Gasteiger partial charge in [-0.25, -0.2) is 4.42 Å². The Labute approximate surface area is 94.0 Å². The predicted molar refractivity (Wildman–Crippen MR) is 63.0 cm³/mol. The second-order valence-electron chi connectivity index (χ2n) is 4.11. The maximum atomic E-state index is 6.14. The molecule has 1 aromatic carbocycles. The predicted octanol–water partition coefficient (Wildman–Crippen LogP) is 3.24. The number of hydrogen-bond acceptors (Lipinski definition) is 1. The lowest BCUT2D eigenvalue weighted by molar-refractivity contribution is 0.344. The third-order valence-electron chi connectivity index (χ3n) is 3.26. The summed E-state index contributed by atoms with van der Waals surface area (Å²) < 4.78 is 1.87. The van der Waals surface area contributed by atoms with Crippen LogP contribution in [0.3, 0.4) is 0 Å². The Balaban J connectivity index is 2.26. The van der Waals surface area contributed by atoms with Crippen LogP contribution in [0.25, 0.3) is 10.9 Å². The molecule has 2 nitrogen and oxygen atoms in total. The van der Waals surface area contributed by atoms with Crippen molar-refractivity contribution in [2.75, 3.05) is 6.54 Å². The van der Waals surface area contributed by atoms with Gasteiger partial charge < -0.3 is 4.98 Å². The standard InChI is InChI=1S/C12H13ClN2/c1-8-12-10(6-7-15(8)13)9-4-2-3-5-11(9)14-12/h2-5,8,14H,6-7H2,1H3. The summed E-state index contributed by atoms with van der Waals surface area (Å²) in [6.07, 6.45) is 1.03. The van der Waals surface area contributed by atoms with Crippen LogP contribution in [0.15, 0.2) is 24.3 Å². The van der Waals surface area contributed by atoms with E-state index in [-0.39, 0.29) is 6.04 Å². The molecule has 1 aliphatic rings. The van der Waals surface area contributed by atoms with Gasteiger partial charge in [-0.2, -0.15) is 0 Å². The van der Waals surface area contributed by atoms with Gasteiger partial charge >= 0.3 is 0 Å². The van der Waals surface area contributed by atoms with Gasteiger partial charge in [0, 0.05) is 23.1 Å². The van der Waals surface area contributed by atoms with E-state index in [1.165, 1.54) is 22.2 Å². The van der Waals surface area contributed by atoms with E-state index in [1.54, 1.807) is 0 Å². The van der Waals surface area contributed by atoms with Gasteiger partial charge in [0.05, 0.1) is 6.04 Å². The number of nitrogens with one attached hydrogen (secondary N) is 1. The summed E-state index contributed by atoms with van der Waals surface area (Å²) in [5, 5.41) is 1.35. The summed E-state index contributed by atoms with van der Waals surface area (Å²) in [5.74, 6) is 0. The number of halogens is 1. The van der Waals surface area contributed by atoms with E-state index >= 15 is 0 Å². The van der Waals surface area contributed by atoms with Gasteiger partial charge in [-0.1, -0.05) is 18.2 Å². The molecular weight excluding hydrogens is 208 g/mol. The van der Waals surface area contributed by atoms with Crippen molar-refractivity contribution in [3.05, 3.63) is 35.5 Å². The van der Waals surface area contributed by atoms with Gasteiger partial charge in [0.1, 0.15) is 0 Å². The molecule has 1 unspecified atom stereocenters. The lowest BCUT2D eigenvalue weighted by Gasteiger charge is -2.27. The fourth-order valence-corrected chi connectivity index (χ4v) is 2.58. The molecule has 1 atom stereocenters. The lowest BCUT2D eigenvalue weighted by atomic mass is 10.0. The summed E-state index contributed by atoms with van der Waals surface area (Å²) in [6, 6.07) is 8.74. The number of aromatic nitrogens is 1. The van der Waals surface area contributed by atoms with Crippen LogP contribution in [0, 0.1) is 0 Å². The molecule has 15 heavy (non-hydrogen) atoms. The van der Waals surface area contributed by atoms with Crippen LogP contribution in [0.5, 0.6) is 0 Å². The zero-order chi connectivity index (χ0) is 10.4. The number of rotatable bonds is 0. The number of nitrogens with zero attached hydrogens (tertiary/aromatic N) is 1. The van der Waals surface area contributed by atoms with E-state index in [0.29, 0.717) is 0 Å². The highest BCUT2D eigenvalue weighted by Gasteiger charge is 2.25. The van der Waals surface area contributed by atoms with Crippen LogP contribution in [-0.4, -0.2) is 15.9 Å². The van der Waals surface area contributed by atoms with Crippen molar-refractivity contribution < 1.29 is 0 Å². The summed E-state index contributed by atoms with van der Waals surface area (Å²) >= 11 is 6.14. The Hall–Kier alpha value is -0.990. The van der Waals surface area contributed by atoms with Crippen molar-refractivity contribution in [1.29, 1.82) is 0 Å². The van der Waals surface area contributed by atoms with E-state index in [1.807, 2.05) is 4.42 Å². The van der Waals surface area contributed by atoms with Gasteiger partial charge in [0.2, 0.25) is 0 Å². The van der Waals surface area contributed by atoms with Crippen LogP contribution in [0.2, 0.25) is 0 Å². The molecule has 0 aliphatic carbocycles. The first-order valence-electron chi connectivity index (χ1n) is 5.29. The topological polar surface area (TPSA) is 19.0 Å². The average Bonchev–Trinajstić information content (AvgIpc) is 2.63. The Morgan fingerprint density at radius 2 is 2.20 bits per heavy atom. The van der Waals surface area contributed by atoms with E-state index < -0.39 is 0 Å². The SMILES string of the molecule is CC1c2[nH]c3ccccc3c2CCN1Cl. The minimum Gasteiger partial charge on any atom is -0.357 e. The molecule has 0 spiro atoms. The van der Waals surface area contributed by atoms with Gasteiger partial charge in [-0.15, -0.1) is 0 Å². The molecule has 2 heterocycles. The van der Waals surface area contributed by atoms with Gasteiger partial charge in [-0.3, -0.25) is 0 Å². The van der Waals surface area contributed by atoms with Crippen molar-refractivity contribution in [2.24, 2.45) is 0 Å². The normalized spacial score (nSPS) is 21.9. The quantitative estimate of drug-likeness (QED) is 0.676. The largest absolute Gasteiger partial charge is 0.357 e. The third kappa shape index (κ3) is 1.29. The summed E-state index contributed by atoms with van der Waals surface area (Å²) in [4.78, 5) is 3.47. The number of benzene rings is 1. The monoisotopic (exact) mass is 220 g/mol. The molecule has 3 heteroatoms. The molecule has 0 amide bonds. The third-order valence-corrected chi connectivity index (χ3v) is 3.72. The van der Waals surface area contributed by atoms with Crippen molar-refractivity contribution >= 4 is 22.7 Å². The van der Waals surface area contributed by atoms with Crippen LogP contribution < -0.4 is 0 Å². The fourth-order valence-electron chi connectivity index (χ4n) is 2.40. The highest BCUT2D eigenvalue weighted by Crippen LogP contribution is 2.34. The molecule has 2 aromatic rings. The number of fused-ring (bicyclic) bond motifs is 3. The van der Waals surface area contributed by atoms with Crippen LogP contribution in [0.4, 0.5) is 0 Å². The molecule has 0 fully saturated rings. The van der Waals surface area contributed by atoms with E-state index in [2.05, 4.69) is 36.2 Å². The highest BCUT2D eigenvalue weighted by atomic mass is 35.5. The first-order chi connectivity index (χ1) is 7.27. The maximum absolute atomic E-state index is 6.14. The number of aromatic amines is 1. The van der Waals surface area contributed by atoms with E-state index in [9.17, 15) is 0 Å². The molecule has 78 valence electrons. The van der Waals surface area contributed by atoms with E-state index in [4.69, 9.17) is 11.8 Å². The smallest absolute Gasteiger partial charge is 0.0626 e. The Morgan fingerprint density at radius 3 is 3.07 bits per heavy atom. The van der Waals surface area contributed by atoms with Crippen LogP contribution in [-0.2, 0) is 6.42 Å². The minimum atomic E-state index is 0.280. The molecule has 1 aromatic heterocycles. The Bertz CT molecular complexity index is 503. The molecule has 1 aliphatic heterocycles. The first kappa shape index (κ1) is 9.25. The molecule has 0 radical (unpaired) electrons. The lowest BCUT2D eigenvalue weighted by Crippen LogP contribution is -2.25. The van der Waals surface area contributed by atoms with Crippen molar-refractivity contribution in [1.82, 2.24) is 9.40 Å². The van der Waals surface area contributed by atoms with E-state index in [0.717, 1.165) is 13.0 Å². The molecule has 1 N–H and O–H groups in total. The molecule has 0 saturated carbocycles. The fraction of sp³-hybridized carbons (Fsp3) is 0.333. The van der Waals surface area contributed by atoms with Gasteiger partial charge in [-0.05, 0) is 36.8 Å². The number of hydrogen-bond donors (Lipinski definition) is 1. The van der Waals surface area contributed by atoms with Crippen LogP contribution in [0.1, 0.15) is 24.2 Å². The highest BCUT2D eigenvalue weighted by molar-refractivity contribution is 6.13. The van der Waals surface area contributed by atoms with Crippen molar-refractivity contribution in [3.8, 4) is 0 Å². The summed E-state index contributed by atoms with van der Waals surface area (Å²) in [5.41, 5.74) is 3.94. The van der Waals surface area contributed by atoms with Crippen molar-refractivity contribution in [2.45, 2.75) is 19.4 Å². The van der Waals surface area contributed by atoms with Gasteiger partial charge in [0.25, 0.3) is 0 Å². The molecule has 0 bridgehead atoms. The van der Waals surface area contributed by atoms with Crippen LogP contribution >= 0.6 is 11.8 Å². The molecule has 0 saturated heterocycles. The zero-order valence-corrected chi connectivity index (χ0v) is 9.38. The number of H-pyrrole nitrogens is 1. The Kier molecular flexibility index (Phi) is 2.01. The minimum absolute atomic E-state index is 0.280. The molecular formula is C12H13ClN2. The Morgan fingerprint density at radius 1 is 1.40 bits per heavy atom. The first-order valence-corrected chi connectivity index (χ1v) is 5.63. The molecule has 3 rings (SSSR count). The summed E-state index contributed by atoms with van der Waals surface area (Å²) in [6.45, 7) is 3.07. The van der Waals surface area contributed by atoms with Crippen molar-refractivity contribution in [3.63, 3.8) is 0 Å². The number of para-hydroxylation sites is 1. The average molecular weight is 221 g/mol. The zero-order valence-electron chi connectivity index (χ0n) is 8.63. The second kappa shape index (κ2) is 3.26. The van der Waals surface area contributed by atoms with Gasteiger partial charge in [0.15, 0.2) is 0 Å². The maximum Gasteiger partial charge on any atom is 0.0626 e. The second-order valence-corrected chi connectivity index (χ2v) is 4.55. The summed E-state index contributed by atoms with van der Waals surface area (Å²) in [7, 11) is 0.